The number of unbranched alkanes of at least 4 members (excludes halogenated alkanes) is 2. The van der Waals surface area contributed by atoms with Gasteiger partial charge in [0, 0.05) is 24.9 Å². The first-order valence-corrected chi connectivity index (χ1v) is 11.6. The van der Waals surface area contributed by atoms with Gasteiger partial charge in [0.25, 0.3) is 0 Å². The highest BCUT2D eigenvalue weighted by Gasteiger charge is 2.28. The van der Waals surface area contributed by atoms with Gasteiger partial charge in [-0.05, 0) is 57.0 Å². The molecule has 15 heteroatoms. The highest BCUT2D eigenvalue weighted by molar-refractivity contribution is 5.93. The Kier molecular flexibility index (Phi) is 16.9. The van der Waals surface area contributed by atoms with Crippen LogP contribution in [0.25, 0.3) is 10.4 Å². The molecule has 0 aliphatic rings. The molecule has 15 nitrogen and oxygen atoms in total. The number of aliphatic imine (C=N–C) groups is 1. The Morgan fingerprint density at radius 3 is 1.89 bits per heavy atom. The minimum absolute atomic E-state index is 0.0848. The fourth-order valence-electron chi connectivity index (χ4n) is 3.19. The Balaban J connectivity index is 5.37. The van der Waals surface area contributed by atoms with E-state index in [4.69, 9.17) is 28.5 Å². The summed E-state index contributed by atoms with van der Waals surface area (Å²) >= 11 is 0. The van der Waals surface area contributed by atoms with E-state index in [1.807, 2.05) is 0 Å². The van der Waals surface area contributed by atoms with Crippen LogP contribution >= 0.6 is 0 Å². The first-order chi connectivity index (χ1) is 16.6. The maximum atomic E-state index is 13.0. The molecule has 0 aliphatic carbocycles. The summed E-state index contributed by atoms with van der Waals surface area (Å²) in [6.07, 6.45) is 3.38. The molecule has 0 aromatic carbocycles. The van der Waals surface area contributed by atoms with Gasteiger partial charge in [0.1, 0.15) is 18.1 Å². The largest absolute Gasteiger partial charge is 0.370 e. The van der Waals surface area contributed by atoms with E-state index in [0.29, 0.717) is 45.1 Å². The number of nitrogens with one attached hydrogen (secondary N) is 3. The van der Waals surface area contributed by atoms with Crippen molar-refractivity contribution >= 4 is 29.6 Å². The topological polar surface area (TPSA) is 270 Å². The van der Waals surface area contributed by atoms with Crippen LogP contribution in [0, 0.1) is 0 Å². The number of nitrogens with two attached hydrogens (primary N) is 4. The lowest BCUT2D eigenvalue weighted by molar-refractivity contribution is -0.133. The van der Waals surface area contributed by atoms with Gasteiger partial charge in [0.05, 0.1) is 0 Å². The van der Waals surface area contributed by atoms with E-state index in [2.05, 4.69) is 31.0 Å². The zero-order valence-corrected chi connectivity index (χ0v) is 20.2. The van der Waals surface area contributed by atoms with Crippen LogP contribution in [-0.2, 0) is 19.2 Å². The number of guanidine groups is 1. The quantitative estimate of drug-likeness (QED) is 0.0280. The van der Waals surface area contributed by atoms with Gasteiger partial charge in [-0.3, -0.25) is 24.2 Å². The Morgan fingerprint density at radius 1 is 0.800 bits per heavy atom. The van der Waals surface area contributed by atoms with Gasteiger partial charge in [-0.1, -0.05) is 11.5 Å². The molecular formula is C20H39N11O4. The van der Waals surface area contributed by atoms with E-state index in [1.54, 1.807) is 0 Å². The summed E-state index contributed by atoms with van der Waals surface area (Å²) in [6.45, 7) is 2.21. The number of primary amides is 1. The van der Waals surface area contributed by atoms with E-state index < -0.39 is 41.8 Å². The minimum atomic E-state index is -1.00. The third kappa shape index (κ3) is 15.8. The standard InChI is InChI=1S/C20H39N11O4/c1-13(32)28-15(9-6-11-26-20(23)24)18(34)30-16(8-3-5-12-27-31-25)19(35)29-14(17(22)33)7-2-4-10-21/h14-16H,2-12,21H2,1H3,(H2,22,33)(H,28,32)(H,29,35)(H,30,34)(H4,23,24,26)/t14-,15-,16-/m0/s1. The molecule has 0 heterocycles. The highest BCUT2D eigenvalue weighted by atomic mass is 16.2. The minimum Gasteiger partial charge on any atom is -0.370 e. The molecule has 11 N–H and O–H groups in total. The van der Waals surface area contributed by atoms with Crippen molar-refractivity contribution in [3.05, 3.63) is 10.4 Å². The van der Waals surface area contributed by atoms with E-state index in [9.17, 15) is 19.2 Å². The Bertz CT molecular complexity index is 764. The summed E-state index contributed by atoms with van der Waals surface area (Å²) < 4.78 is 0. The molecule has 0 aromatic heterocycles. The third-order valence-electron chi connectivity index (χ3n) is 4.94. The second-order valence-corrected chi connectivity index (χ2v) is 7.96. The Labute approximate surface area is 204 Å². The predicted octanol–water partition coefficient (Wildman–Crippen LogP) is -1.39. The van der Waals surface area contributed by atoms with E-state index in [-0.39, 0.29) is 31.9 Å². The molecule has 0 rings (SSSR count). The average molecular weight is 498 g/mol. The molecule has 3 atom stereocenters. The van der Waals surface area contributed by atoms with Gasteiger partial charge in [-0.25, -0.2) is 0 Å². The molecule has 35 heavy (non-hydrogen) atoms. The van der Waals surface area contributed by atoms with Crippen LogP contribution in [0.3, 0.4) is 0 Å². The molecule has 0 saturated heterocycles. The third-order valence-corrected chi connectivity index (χ3v) is 4.94. The first-order valence-electron chi connectivity index (χ1n) is 11.6. The molecule has 0 saturated carbocycles. The lowest BCUT2D eigenvalue weighted by atomic mass is 10.0. The summed E-state index contributed by atoms with van der Waals surface area (Å²) in [5, 5.41) is 11.2. The second kappa shape index (κ2) is 18.8. The number of azide groups is 1. The van der Waals surface area contributed by atoms with Crippen LogP contribution in [0.15, 0.2) is 10.1 Å². The van der Waals surface area contributed by atoms with Gasteiger partial charge in [-0.15, -0.1) is 0 Å². The fourth-order valence-corrected chi connectivity index (χ4v) is 3.19. The van der Waals surface area contributed by atoms with Crippen molar-refractivity contribution in [1.29, 1.82) is 0 Å². The lowest BCUT2D eigenvalue weighted by Crippen LogP contribution is -2.56. The number of carbonyl (C=O) groups is 4. The van der Waals surface area contributed by atoms with E-state index in [1.165, 1.54) is 6.92 Å². The number of rotatable bonds is 19. The number of nitrogens with zero attached hydrogens (tertiary/aromatic N) is 4. The summed E-state index contributed by atoms with van der Waals surface area (Å²) in [7, 11) is 0. The molecule has 198 valence electrons. The normalized spacial score (nSPS) is 12.9. The summed E-state index contributed by atoms with van der Waals surface area (Å²) in [5.74, 6) is -2.35. The average Bonchev–Trinajstić information content (AvgIpc) is 2.78. The molecule has 0 unspecified atom stereocenters. The molecule has 0 fully saturated rings. The zero-order chi connectivity index (χ0) is 26.6. The molecular weight excluding hydrogens is 458 g/mol. The van der Waals surface area contributed by atoms with Gasteiger partial charge in [0.15, 0.2) is 5.96 Å². The first kappa shape index (κ1) is 31.4. The molecule has 0 bridgehead atoms. The van der Waals surface area contributed by atoms with Crippen molar-refractivity contribution in [2.24, 2.45) is 33.0 Å². The SMILES string of the molecule is CC(=O)N[C@@H](CCCN=C(N)N)C(=O)N[C@@H](CCCCN=[N+]=[N-])C(=O)N[C@@H](CCCCN)C(N)=O. The van der Waals surface area contributed by atoms with Crippen molar-refractivity contribution in [2.75, 3.05) is 19.6 Å². The van der Waals surface area contributed by atoms with Crippen LogP contribution in [0.5, 0.6) is 0 Å². The van der Waals surface area contributed by atoms with Crippen LogP contribution in [0.1, 0.15) is 58.3 Å². The van der Waals surface area contributed by atoms with Gasteiger partial charge in [-0.2, -0.15) is 0 Å². The van der Waals surface area contributed by atoms with Crippen LogP contribution in [0.4, 0.5) is 0 Å². The van der Waals surface area contributed by atoms with Gasteiger partial charge < -0.3 is 38.9 Å². The van der Waals surface area contributed by atoms with Crippen molar-refractivity contribution in [2.45, 2.75) is 76.4 Å². The van der Waals surface area contributed by atoms with Crippen LogP contribution in [0.2, 0.25) is 0 Å². The maximum absolute atomic E-state index is 13.0. The zero-order valence-electron chi connectivity index (χ0n) is 20.2. The smallest absolute Gasteiger partial charge is 0.243 e. The number of carbonyl (C=O) groups excluding carboxylic acids is 4. The fraction of sp³-hybridized carbons (Fsp3) is 0.750. The number of hydrogen-bond donors (Lipinski definition) is 7. The van der Waals surface area contributed by atoms with E-state index in [0.717, 1.165) is 0 Å². The summed E-state index contributed by atoms with van der Waals surface area (Å²) in [4.78, 5) is 55.8. The maximum Gasteiger partial charge on any atom is 0.243 e. The van der Waals surface area contributed by atoms with Crippen LogP contribution < -0.4 is 38.9 Å². The van der Waals surface area contributed by atoms with Gasteiger partial charge in [0.2, 0.25) is 23.6 Å². The molecule has 4 amide bonds. The Morgan fingerprint density at radius 2 is 1.34 bits per heavy atom. The monoisotopic (exact) mass is 497 g/mol. The highest BCUT2D eigenvalue weighted by Crippen LogP contribution is 2.07. The molecule has 0 radical (unpaired) electrons. The summed E-state index contributed by atoms with van der Waals surface area (Å²) in [5.41, 5.74) is 29.9. The Hall–Kier alpha value is -3.58. The van der Waals surface area contributed by atoms with Crippen molar-refractivity contribution < 1.29 is 19.2 Å². The van der Waals surface area contributed by atoms with Crippen molar-refractivity contribution in [3.63, 3.8) is 0 Å². The second-order valence-electron chi connectivity index (χ2n) is 7.96. The molecule has 0 spiro atoms. The van der Waals surface area contributed by atoms with Gasteiger partial charge >= 0.3 is 0 Å². The van der Waals surface area contributed by atoms with Crippen molar-refractivity contribution in [1.82, 2.24) is 16.0 Å². The summed E-state index contributed by atoms with van der Waals surface area (Å²) in [6, 6.07) is -2.84. The number of amides is 4. The van der Waals surface area contributed by atoms with E-state index >= 15 is 0 Å². The molecule has 0 aliphatic heterocycles. The number of hydrogen-bond acceptors (Lipinski definition) is 7. The lowest BCUT2D eigenvalue weighted by Gasteiger charge is -2.24. The molecule has 0 aromatic rings. The predicted molar refractivity (Wildman–Crippen MR) is 131 cm³/mol. The van der Waals surface area contributed by atoms with Crippen molar-refractivity contribution in [3.8, 4) is 0 Å². The van der Waals surface area contributed by atoms with Crippen LogP contribution in [-0.4, -0.2) is 67.3 Å².